The molecule has 3 atom stereocenters. The number of allylic oxidation sites excluding steroid dienone is 1. The second-order valence-corrected chi connectivity index (χ2v) is 12.6. The molecule has 1 aliphatic heterocycles. The second kappa shape index (κ2) is 16.2. The molecule has 3 amide bonds. The van der Waals surface area contributed by atoms with Crippen molar-refractivity contribution in [1.82, 2.24) is 10.6 Å². The highest BCUT2D eigenvalue weighted by atomic mass is 35.5. The molecule has 226 valence electrons. The smallest absolute Gasteiger partial charge is 0.408 e. The number of hydrogen-bond donors (Lipinski definition) is 3. The molecule has 11 nitrogen and oxygen atoms in total. The molecule has 41 heavy (non-hydrogen) atoms. The van der Waals surface area contributed by atoms with Crippen molar-refractivity contribution in [1.29, 1.82) is 0 Å². The first-order valence-electron chi connectivity index (χ1n) is 14.0. The Kier molecular flexibility index (Phi) is 13.0. The Morgan fingerprint density at radius 2 is 1.85 bits per heavy atom. The van der Waals surface area contributed by atoms with Gasteiger partial charge in [-0.2, -0.15) is 0 Å². The van der Waals surface area contributed by atoms with E-state index < -0.39 is 43.4 Å². The van der Waals surface area contributed by atoms with Crippen LogP contribution in [0.25, 0.3) is 0 Å². The average molecular weight is 612 g/mol. The van der Waals surface area contributed by atoms with Gasteiger partial charge in [0, 0.05) is 23.2 Å². The van der Waals surface area contributed by atoms with Crippen LogP contribution in [-0.2, 0) is 34.5 Å². The maximum atomic E-state index is 13.7. The summed E-state index contributed by atoms with van der Waals surface area (Å²) in [6.45, 7) is 3.13. The van der Waals surface area contributed by atoms with Crippen LogP contribution in [0.5, 0.6) is 0 Å². The van der Waals surface area contributed by atoms with Crippen molar-refractivity contribution in [2.75, 3.05) is 13.2 Å². The van der Waals surface area contributed by atoms with Gasteiger partial charge in [-0.3, -0.25) is 14.2 Å². The van der Waals surface area contributed by atoms with E-state index >= 15 is 0 Å². The molecule has 1 aliphatic carbocycles. The molecule has 0 bridgehead atoms. The number of ether oxygens (including phenoxy) is 1. The molecule has 1 aromatic carbocycles. The summed E-state index contributed by atoms with van der Waals surface area (Å²) in [5.41, 5.74) is 0.898. The number of nitrogens with one attached hydrogen (secondary N) is 2. The molecule has 13 heteroatoms. The fourth-order valence-corrected chi connectivity index (χ4v) is 6.91. The zero-order valence-electron chi connectivity index (χ0n) is 23.4. The number of alkyl carbamates (subject to hydrolysis) is 1. The number of halogens is 1. The van der Waals surface area contributed by atoms with Crippen LogP contribution in [0.1, 0.15) is 64.4 Å². The van der Waals surface area contributed by atoms with Gasteiger partial charge in [-0.25, -0.2) is 9.79 Å². The molecule has 3 N–H and O–H groups in total. The van der Waals surface area contributed by atoms with Crippen molar-refractivity contribution in [3.8, 4) is 0 Å². The fraction of sp³-hybridized carbons (Fsp3) is 0.571. The van der Waals surface area contributed by atoms with E-state index in [9.17, 15) is 24.1 Å². The van der Waals surface area contributed by atoms with Gasteiger partial charge in [0.15, 0.2) is 5.85 Å². The van der Waals surface area contributed by atoms with Crippen LogP contribution in [0.3, 0.4) is 0 Å². The topological polar surface area (TPSA) is 153 Å². The van der Waals surface area contributed by atoms with Crippen molar-refractivity contribution >= 4 is 43.3 Å². The number of hydrogen-bond acceptors (Lipinski definition) is 8. The highest BCUT2D eigenvalue weighted by molar-refractivity contribution is 7.54. The summed E-state index contributed by atoms with van der Waals surface area (Å²) in [7, 11) is -4.10. The maximum absolute atomic E-state index is 13.7. The first-order chi connectivity index (χ1) is 19.6. The zero-order chi connectivity index (χ0) is 29.8. The van der Waals surface area contributed by atoms with Gasteiger partial charge in [-0.1, -0.05) is 55.8 Å². The number of rotatable bonds is 15. The van der Waals surface area contributed by atoms with Gasteiger partial charge in [-0.15, -0.1) is 0 Å². The first kappa shape index (κ1) is 32.9. The molecule has 3 rings (SSSR count). The Morgan fingerprint density at radius 3 is 2.46 bits per heavy atom. The third-order valence-electron chi connectivity index (χ3n) is 6.97. The molecule has 0 radical (unpaired) electrons. The van der Waals surface area contributed by atoms with Crippen LogP contribution in [-0.4, -0.2) is 60.4 Å². The van der Waals surface area contributed by atoms with Crippen LogP contribution in [0.2, 0.25) is 5.02 Å². The molecule has 0 aromatic heterocycles. The van der Waals surface area contributed by atoms with Crippen molar-refractivity contribution in [2.45, 2.75) is 83.3 Å². The van der Waals surface area contributed by atoms with E-state index in [2.05, 4.69) is 15.6 Å². The van der Waals surface area contributed by atoms with E-state index in [1.807, 2.05) is 0 Å². The highest BCUT2D eigenvalue weighted by Gasteiger charge is 2.42. The van der Waals surface area contributed by atoms with E-state index in [-0.39, 0.29) is 37.7 Å². The summed E-state index contributed by atoms with van der Waals surface area (Å²) in [5.74, 6) is -2.74. The molecule has 1 aromatic rings. The normalized spacial score (nSPS) is 18.0. The number of aliphatic imine (C=N–C) groups is 1. The Morgan fingerprint density at radius 1 is 1.15 bits per heavy atom. The van der Waals surface area contributed by atoms with Gasteiger partial charge >= 0.3 is 13.7 Å². The monoisotopic (exact) mass is 611 g/mol. The van der Waals surface area contributed by atoms with Crippen LogP contribution < -0.4 is 10.6 Å². The molecule has 2 aliphatic rings. The van der Waals surface area contributed by atoms with Gasteiger partial charge in [-0.05, 0) is 50.0 Å². The SMILES string of the molecule is CCOP(=O)(OCC)C(O)C(CC1=CC=NC1=O)NC(=O)C(CC1CCCCC1)NC(=O)OCc1cccc(Cl)c1. The van der Waals surface area contributed by atoms with E-state index in [1.54, 1.807) is 38.1 Å². The predicted molar refractivity (Wildman–Crippen MR) is 155 cm³/mol. The van der Waals surface area contributed by atoms with Gasteiger partial charge in [0.2, 0.25) is 5.91 Å². The van der Waals surface area contributed by atoms with Crippen molar-refractivity contribution in [3.05, 3.63) is 46.5 Å². The standard InChI is InChI=1S/C28H39ClN3O8P/c1-3-39-41(37,40-4-2)27(35)24(17-21-13-14-30-25(21)33)31-26(34)23(16-19-9-6-5-7-10-19)32-28(36)38-18-20-11-8-12-22(29)15-20/h8,11-15,19,23-24,27,35H,3-7,9-10,16-18H2,1-2H3,(H,31,34)(H,32,36). The molecular weight excluding hydrogens is 573 g/mol. The molecule has 0 spiro atoms. The lowest BCUT2D eigenvalue weighted by Gasteiger charge is -2.32. The lowest BCUT2D eigenvalue weighted by molar-refractivity contribution is -0.125. The number of carbonyl (C=O) groups is 3. The minimum Gasteiger partial charge on any atom is -0.445 e. The minimum atomic E-state index is -4.10. The third kappa shape index (κ3) is 10.0. The fourth-order valence-electron chi connectivity index (χ4n) is 4.97. The molecular formula is C28H39ClN3O8P. The zero-order valence-corrected chi connectivity index (χ0v) is 25.1. The number of benzene rings is 1. The van der Waals surface area contributed by atoms with Crippen molar-refractivity contribution in [3.63, 3.8) is 0 Å². The lowest BCUT2D eigenvalue weighted by atomic mass is 9.84. The quantitative estimate of drug-likeness (QED) is 0.237. The van der Waals surface area contributed by atoms with E-state index in [4.69, 9.17) is 25.4 Å². The van der Waals surface area contributed by atoms with E-state index in [0.29, 0.717) is 17.0 Å². The molecule has 0 saturated heterocycles. The summed E-state index contributed by atoms with van der Waals surface area (Å²) in [6, 6.07) is 4.63. The minimum absolute atomic E-state index is 0.00985. The Labute approximate surface area is 245 Å². The number of aliphatic hydroxyl groups excluding tert-OH is 1. The Balaban J connectivity index is 1.78. The van der Waals surface area contributed by atoms with Gasteiger partial charge in [0.05, 0.1) is 19.3 Å². The Bertz CT molecular complexity index is 1160. The largest absolute Gasteiger partial charge is 0.445 e. The summed E-state index contributed by atoms with van der Waals surface area (Å²) in [6.07, 6.45) is 7.16. The molecule has 3 unspecified atom stereocenters. The average Bonchev–Trinajstić information content (AvgIpc) is 3.35. The van der Waals surface area contributed by atoms with Crippen molar-refractivity contribution < 1.29 is 37.8 Å². The van der Waals surface area contributed by atoms with Crippen LogP contribution >= 0.6 is 19.2 Å². The highest BCUT2D eigenvalue weighted by Crippen LogP contribution is 2.53. The number of aliphatic hydroxyl groups is 1. The van der Waals surface area contributed by atoms with Gasteiger partial charge in [0.1, 0.15) is 12.6 Å². The molecule has 1 fully saturated rings. The van der Waals surface area contributed by atoms with Gasteiger partial charge < -0.3 is 29.5 Å². The number of nitrogens with zero attached hydrogens (tertiary/aromatic N) is 1. The van der Waals surface area contributed by atoms with E-state index in [1.165, 1.54) is 12.3 Å². The Hall–Kier alpha value is -2.56. The van der Waals surface area contributed by atoms with Crippen LogP contribution in [0, 0.1) is 5.92 Å². The first-order valence-corrected chi connectivity index (χ1v) is 16.0. The molecule has 1 saturated carbocycles. The summed E-state index contributed by atoms with van der Waals surface area (Å²) < 4.78 is 29.4. The number of amides is 3. The predicted octanol–water partition coefficient (Wildman–Crippen LogP) is 4.90. The van der Waals surface area contributed by atoms with Crippen LogP contribution in [0.4, 0.5) is 4.79 Å². The second-order valence-electron chi connectivity index (χ2n) is 10.0. The summed E-state index contributed by atoms with van der Waals surface area (Å²) >= 11 is 6.01. The van der Waals surface area contributed by atoms with Crippen LogP contribution in [0.15, 0.2) is 40.9 Å². The third-order valence-corrected chi connectivity index (χ3v) is 9.45. The summed E-state index contributed by atoms with van der Waals surface area (Å²) in [4.78, 5) is 42.3. The van der Waals surface area contributed by atoms with Crippen molar-refractivity contribution in [2.24, 2.45) is 10.9 Å². The van der Waals surface area contributed by atoms with Gasteiger partial charge in [0.25, 0.3) is 5.91 Å². The molecule has 1 heterocycles. The number of carbonyl (C=O) groups excluding carboxylic acids is 3. The van der Waals surface area contributed by atoms with E-state index in [0.717, 1.165) is 32.1 Å². The lowest BCUT2D eigenvalue weighted by Crippen LogP contribution is -2.53. The maximum Gasteiger partial charge on any atom is 0.408 e. The summed E-state index contributed by atoms with van der Waals surface area (Å²) in [5, 5.41) is 17.0.